The van der Waals surface area contributed by atoms with Crippen LogP contribution in [0.25, 0.3) is 21.7 Å². The second kappa shape index (κ2) is 8.05. The van der Waals surface area contributed by atoms with Gasteiger partial charge in [0.2, 0.25) is 0 Å². The molecule has 0 fully saturated rings. The van der Waals surface area contributed by atoms with Gasteiger partial charge in [0.1, 0.15) is 12.4 Å². The summed E-state index contributed by atoms with van der Waals surface area (Å²) in [7, 11) is 0. The summed E-state index contributed by atoms with van der Waals surface area (Å²) in [6.45, 7) is 0.412. The molecule has 0 aliphatic carbocycles. The largest absolute Gasteiger partial charge is 0.484 e. The maximum Gasteiger partial charge on any atom is 0.188 e. The van der Waals surface area contributed by atoms with Crippen LogP contribution in [0.5, 0.6) is 17.2 Å². The van der Waals surface area contributed by atoms with Gasteiger partial charge >= 0.3 is 0 Å². The van der Waals surface area contributed by atoms with E-state index in [0.717, 1.165) is 33.0 Å². The zero-order valence-electron chi connectivity index (χ0n) is 16.1. The number of hydrogen-bond donors (Lipinski definition) is 0. The lowest BCUT2D eigenvalue weighted by molar-refractivity contribution is 0.295. The van der Waals surface area contributed by atoms with E-state index < -0.39 is 0 Å². The molecule has 5 aromatic rings. The van der Waals surface area contributed by atoms with Crippen LogP contribution < -0.4 is 9.47 Å². The Labute approximate surface area is 179 Å². The van der Waals surface area contributed by atoms with Crippen molar-refractivity contribution in [3.8, 4) is 17.2 Å². The molecule has 0 unspecified atom stereocenters. The number of fused-ring (bicyclic) bond motifs is 3. The molecule has 0 aliphatic rings. The first-order valence-corrected chi connectivity index (χ1v) is 10.1. The maximum absolute atomic E-state index is 6.61. The minimum Gasteiger partial charge on any atom is -0.484 e. The first-order valence-electron chi connectivity index (χ1n) is 9.69. The molecule has 146 valence electrons. The fourth-order valence-electron chi connectivity index (χ4n) is 3.51. The molecule has 0 saturated carbocycles. The topological polar surface area (TPSA) is 31.4 Å². The Hall–Kier alpha value is -3.56. The minimum atomic E-state index is 0.412. The smallest absolute Gasteiger partial charge is 0.188 e. The van der Waals surface area contributed by atoms with Gasteiger partial charge in [-0.2, -0.15) is 0 Å². The molecule has 1 aromatic heterocycles. The molecule has 4 heteroatoms. The van der Waals surface area contributed by atoms with E-state index in [4.69, 9.17) is 26.1 Å². The summed E-state index contributed by atoms with van der Waals surface area (Å²) in [5, 5.41) is 3.42. The van der Waals surface area contributed by atoms with Crippen LogP contribution in [0.2, 0.25) is 5.02 Å². The number of rotatable bonds is 5. The van der Waals surface area contributed by atoms with E-state index in [-0.39, 0.29) is 0 Å². The molecule has 30 heavy (non-hydrogen) atoms. The van der Waals surface area contributed by atoms with Crippen LogP contribution >= 0.6 is 11.6 Å². The van der Waals surface area contributed by atoms with Gasteiger partial charge in [-0.25, -0.2) is 0 Å². The molecule has 0 N–H and O–H groups in total. The number of ether oxygens (including phenoxy) is 2. The van der Waals surface area contributed by atoms with Crippen molar-refractivity contribution in [1.82, 2.24) is 4.98 Å². The SMILES string of the molecule is Clc1cc2c(OCc3ccccc3)c(Oc3ccccc3)cnc2c2ccccc12. The Morgan fingerprint density at radius 2 is 1.40 bits per heavy atom. The molecule has 3 nitrogen and oxygen atoms in total. The normalized spacial score (nSPS) is 11.0. The van der Waals surface area contributed by atoms with Gasteiger partial charge in [0.05, 0.1) is 11.7 Å². The highest BCUT2D eigenvalue weighted by Crippen LogP contribution is 2.41. The zero-order chi connectivity index (χ0) is 20.3. The fraction of sp³-hybridized carbons (Fsp3) is 0.0385. The molecular weight excluding hydrogens is 394 g/mol. The third-order valence-electron chi connectivity index (χ3n) is 4.94. The number of aromatic nitrogens is 1. The fourth-order valence-corrected chi connectivity index (χ4v) is 3.78. The van der Waals surface area contributed by atoms with Crippen molar-refractivity contribution in [3.63, 3.8) is 0 Å². The quantitative estimate of drug-likeness (QED) is 0.282. The van der Waals surface area contributed by atoms with Crippen LogP contribution in [0.1, 0.15) is 5.56 Å². The lowest BCUT2D eigenvalue weighted by Gasteiger charge is -2.16. The van der Waals surface area contributed by atoms with E-state index >= 15 is 0 Å². The number of para-hydroxylation sites is 1. The van der Waals surface area contributed by atoms with Gasteiger partial charge in [0.15, 0.2) is 11.5 Å². The Morgan fingerprint density at radius 1 is 0.733 bits per heavy atom. The molecule has 0 aliphatic heterocycles. The van der Waals surface area contributed by atoms with Gasteiger partial charge in [-0.1, -0.05) is 84.4 Å². The molecule has 0 spiro atoms. The molecule has 1 heterocycles. The van der Waals surface area contributed by atoms with Crippen molar-refractivity contribution in [3.05, 3.63) is 108 Å². The standard InChI is InChI=1S/C26H18ClNO2/c27-23-15-22-25(21-14-8-7-13-20(21)23)28-16-24(30-19-11-5-2-6-12-19)26(22)29-17-18-9-3-1-4-10-18/h1-16H,17H2. The third-order valence-corrected chi connectivity index (χ3v) is 5.25. The van der Waals surface area contributed by atoms with Crippen LogP contribution in [-0.4, -0.2) is 4.98 Å². The van der Waals surface area contributed by atoms with Crippen molar-refractivity contribution in [1.29, 1.82) is 0 Å². The number of nitrogens with zero attached hydrogens (tertiary/aromatic N) is 1. The van der Waals surface area contributed by atoms with Crippen LogP contribution in [0.15, 0.2) is 97.2 Å². The zero-order valence-corrected chi connectivity index (χ0v) is 16.8. The number of halogens is 1. The van der Waals surface area contributed by atoms with Crippen LogP contribution in [0, 0.1) is 0 Å². The summed E-state index contributed by atoms with van der Waals surface area (Å²) in [6.07, 6.45) is 1.72. The molecule has 0 radical (unpaired) electrons. The number of hydrogen-bond acceptors (Lipinski definition) is 3. The van der Waals surface area contributed by atoms with Gasteiger partial charge in [-0.05, 0) is 23.8 Å². The summed E-state index contributed by atoms with van der Waals surface area (Å²) >= 11 is 6.61. The van der Waals surface area contributed by atoms with E-state index in [9.17, 15) is 0 Å². The predicted molar refractivity (Wildman–Crippen MR) is 122 cm³/mol. The van der Waals surface area contributed by atoms with E-state index in [2.05, 4.69) is 0 Å². The Morgan fingerprint density at radius 3 is 2.17 bits per heavy atom. The van der Waals surface area contributed by atoms with E-state index in [1.54, 1.807) is 6.20 Å². The molecule has 0 atom stereocenters. The van der Waals surface area contributed by atoms with E-state index in [1.165, 1.54) is 0 Å². The first kappa shape index (κ1) is 18.5. The van der Waals surface area contributed by atoms with Gasteiger partial charge in [-0.3, -0.25) is 4.98 Å². The Bertz CT molecular complexity index is 1320. The first-order chi connectivity index (χ1) is 14.8. The van der Waals surface area contributed by atoms with Crippen LogP contribution in [-0.2, 0) is 6.61 Å². The highest BCUT2D eigenvalue weighted by molar-refractivity contribution is 6.37. The Kier molecular flexibility index (Phi) is 4.96. The lowest BCUT2D eigenvalue weighted by Crippen LogP contribution is -1.99. The predicted octanol–water partition coefficient (Wildman–Crippen LogP) is 7.41. The molecule has 0 bridgehead atoms. The highest BCUT2D eigenvalue weighted by Gasteiger charge is 2.16. The molecular formula is C26H18ClNO2. The van der Waals surface area contributed by atoms with Crippen molar-refractivity contribution in [2.24, 2.45) is 0 Å². The summed E-state index contributed by atoms with van der Waals surface area (Å²) < 4.78 is 12.4. The minimum absolute atomic E-state index is 0.412. The van der Waals surface area contributed by atoms with E-state index in [0.29, 0.717) is 23.1 Å². The van der Waals surface area contributed by atoms with Crippen molar-refractivity contribution < 1.29 is 9.47 Å². The highest BCUT2D eigenvalue weighted by atomic mass is 35.5. The van der Waals surface area contributed by atoms with E-state index in [1.807, 2.05) is 91.0 Å². The van der Waals surface area contributed by atoms with Gasteiger partial charge in [0, 0.05) is 21.2 Å². The van der Waals surface area contributed by atoms with Crippen LogP contribution in [0.4, 0.5) is 0 Å². The van der Waals surface area contributed by atoms with Crippen molar-refractivity contribution in [2.75, 3.05) is 0 Å². The Balaban J connectivity index is 1.67. The second-order valence-electron chi connectivity index (χ2n) is 6.94. The number of pyridine rings is 1. The van der Waals surface area contributed by atoms with Crippen molar-refractivity contribution >= 4 is 33.3 Å². The summed E-state index contributed by atoms with van der Waals surface area (Å²) in [5.74, 6) is 1.89. The average molecular weight is 412 g/mol. The van der Waals surface area contributed by atoms with Gasteiger partial charge in [0.25, 0.3) is 0 Å². The second-order valence-corrected chi connectivity index (χ2v) is 7.35. The monoisotopic (exact) mass is 411 g/mol. The van der Waals surface area contributed by atoms with Crippen LogP contribution in [0.3, 0.4) is 0 Å². The summed E-state index contributed by atoms with van der Waals surface area (Å²) in [5.41, 5.74) is 1.90. The maximum atomic E-state index is 6.61. The summed E-state index contributed by atoms with van der Waals surface area (Å²) in [4.78, 5) is 4.70. The molecule has 5 rings (SSSR count). The average Bonchev–Trinajstić information content (AvgIpc) is 2.80. The molecule has 0 saturated heterocycles. The van der Waals surface area contributed by atoms with Gasteiger partial charge < -0.3 is 9.47 Å². The molecule has 0 amide bonds. The lowest BCUT2D eigenvalue weighted by atomic mass is 10.1. The number of benzene rings is 4. The van der Waals surface area contributed by atoms with Gasteiger partial charge in [-0.15, -0.1) is 0 Å². The third kappa shape index (κ3) is 3.56. The molecule has 4 aromatic carbocycles. The van der Waals surface area contributed by atoms with Crippen molar-refractivity contribution in [2.45, 2.75) is 6.61 Å². The summed E-state index contributed by atoms with van der Waals surface area (Å²) in [6, 6.07) is 29.5.